The van der Waals surface area contributed by atoms with Crippen LogP contribution in [0.5, 0.6) is 0 Å². The van der Waals surface area contributed by atoms with Gasteiger partial charge in [0, 0.05) is 26.5 Å². The second-order valence-corrected chi connectivity index (χ2v) is 18.5. The molecule has 10 aromatic rings. The highest BCUT2D eigenvalue weighted by Gasteiger charge is 2.50. The predicted molar refractivity (Wildman–Crippen MR) is 256 cm³/mol. The number of rotatable bonds is 3. The van der Waals surface area contributed by atoms with E-state index >= 15 is 0 Å². The van der Waals surface area contributed by atoms with E-state index in [9.17, 15) is 0 Å². The monoisotopic (exact) mass is 808 g/mol. The Labute approximate surface area is 366 Å². The number of nitrogens with zero attached hydrogens (tertiary/aromatic N) is 2. The molecular formula is C59H40N2S. The molecule has 1 aliphatic heterocycles. The smallest absolute Gasteiger partial charge is 0.145 e. The Morgan fingerprint density at radius 1 is 0.387 bits per heavy atom. The highest BCUT2D eigenvalue weighted by molar-refractivity contribution is 7.99. The maximum Gasteiger partial charge on any atom is 0.145 e. The van der Waals surface area contributed by atoms with Crippen LogP contribution in [0.4, 0.5) is 0 Å². The second-order valence-electron chi connectivity index (χ2n) is 17.4. The van der Waals surface area contributed by atoms with Gasteiger partial charge in [-0.1, -0.05) is 183 Å². The number of imidazole rings is 1. The summed E-state index contributed by atoms with van der Waals surface area (Å²) in [4.78, 5) is 7.99. The van der Waals surface area contributed by atoms with Gasteiger partial charge >= 0.3 is 0 Å². The average molecular weight is 809 g/mol. The summed E-state index contributed by atoms with van der Waals surface area (Å²) in [6.07, 6.45) is 0. The molecule has 1 unspecified atom stereocenters. The van der Waals surface area contributed by atoms with Crippen LogP contribution in [0.3, 0.4) is 0 Å². The molecule has 9 aromatic carbocycles. The lowest BCUT2D eigenvalue weighted by Gasteiger charge is -2.43. The normalized spacial score (nSPS) is 16.0. The van der Waals surface area contributed by atoms with E-state index in [1.54, 1.807) is 0 Å². The Kier molecular flexibility index (Phi) is 7.54. The van der Waals surface area contributed by atoms with E-state index in [1.165, 1.54) is 82.1 Å². The zero-order valence-corrected chi connectivity index (χ0v) is 35.2. The van der Waals surface area contributed by atoms with Gasteiger partial charge in [0.1, 0.15) is 5.82 Å². The van der Waals surface area contributed by atoms with E-state index in [2.05, 4.69) is 225 Å². The van der Waals surface area contributed by atoms with Gasteiger partial charge < -0.3 is 0 Å². The molecule has 1 atom stereocenters. The number of para-hydroxylation sites is 1. The second kappa shape index (κ2) is 13.1. The molecule has 292 valence electrons. The molecule has 0 saturated carbocycles. The van der Waals surface area contributed by atoms with Crippen LogP contribution in [0, 0.1) is 0 Å². The lowest BCUT2D eigenvalue weighted by atomic mass is 9.62. The number of aromatic nitrogens is 2. The summed E-state index contributed by atoms with van der Waals surface area (Å²) < 4.78 is 2.29. The minimum absolute atomic E-state index is 0.110. The number of hydrogen-bond donors (Lipinski definition) is 0. The Bertz CT molecular complexity index is 3470. The van der Waals surface area contributed by atoms with Crippen LogP contribution in [0.25, 0.3) is 72.6 Å². The summed E-state index contributed by atoms with van der Waals surface area (Å²) in [5, 5.41) is 0. The Hall–Kier alpha value is -7.20. The van der Waals surface area contributed by atoms with E-state index < -0.39 is 5.41 Å². The van der Waals surface area contributed by atoms with Crippen molar-refractivity contribution in [1.82, 2.24) is 9.55 Å². The van der Waals surface area contributed by atoms with Crippen LogP contribution in [-0.2, 0) is 10.8 Å². The standard InChI is InChI=1S/C59H40N2S/c1-58(2)47-25-13-11-24-44(47)46-35-52-56(36-50(46)58)62-55-28-16-15-27-49(55)59(52)48-26-14-12-23-43(48)41-21-9-10-22-42(41)45-31-29-38(33-51(45)59)39-30-32-54-53(34-39)60-57(37-17-5-3-6-18-37)61(54)40-19-7-4-8-20-40/h3-36H,1-2H3. The van der Waals surface area contributed by atoms with E-state index in [1.807, 2.05) is 11.8 Å². The first kappa shape index (κ1) is 35.5. The largest absolute Gasteiger partial charge is 0.292 e. The van der Waals surface area contributed by atoms with Gasteiger partial charge in [-0.15, -0.1) is 0 Å². The molecule has 2 heterocycles. The topological polar surface area (TPSA) is 17.8 Å². The molecule has 0 saturated heterocycles. The van der Waals surface area contributed by atoms with Gasteiger partial charge in [-0.25, -0.2) is 4.98 Å². The summed E-state index contributed by atoms with van der Waals surface area (Å²) in [6, 6.07) is 76.8. The van der Waals surface area contributed by atoms with E-state index in [0.717, 1.165) is 33.7 Å². The summed E-state index contributed by atoms with van der Waals surface area (Å²) in [5.74, 6) is 0.934. The van der Waals surface area contributed by atoms with Gasteiger partial charge in [-0.05, 0) is 126 Å². The average Bonchev–Trinajstić information content (AvgIpc) is 3.78. The summed E-state index contributed by atoms with van der Waals surface area (Å²) in [5.41, 5.74) is 21.6. The Morgan fingerprint density at radius 2 is 0.968 bits per heavy atom. The zero-order chi connectivity index (χ0) is 41.2. The molecule has 13 rings (SSSR count). The number of hydrogen-bond acceptors (Lipinski definition) is 2. The molecular weight excluding hydrogens is 769 g/mol. The fourth-order valence-corrected chi connectivity index (χ4v) is 12.3. The van der Waals surface area contributed by atoms with Crippen molar-refractivity contribution in [3.05, 3.63) is 240 Å². The van der Waals surface area contributed by atoms with Crippen LogP contribution < -0.4 is 0 Å². The van der Waals surface area contributed by atoms with Crippen molar-refractivity contribution in [2.75, 3.05) is 0 Å². The van der Waals surface area contributed by atoms with Gasteiger partial charge in [0.2, 0.25) is 0 Å². The van der Waals surface area contributed by atoms with Gasteiger partial charge in [-0.2, -0.15) is 0 Å². The minimum Gasteiger partial charge on any atom is -0.292 e. The van der Waals surface area contributed by atoms with E-state index in [0.29, 0.717) is 0 Å². The first-order valence-corrected chi connectivity index (χ1v) is 22.4. The molecule has 1 aromatic heterocycles. The van der Waals surface area contributed by atoms with Gasteiger partial charge in [0.15, 0.2) is 0 Å². The quantitative estimate of drug-likeness (QED) is 0.177. The molecule has 0 amide bonds. The number of benzene rings is 9. The first-order valence-electron chi connectivity index (χ1n) is 21.5. The molecule has 2 nitrogen and oxygen atoms in total. The fraction of sp³-hybridized carbons (Fsp3) is 0.0678. The summed E-state index contributed by atoms with van der Waals surface area (Å²) >= 11 is 1.93. The zero-order valence-electron chi connectivity index (χ0n) is 34.4. The molecule has 1 spiro atoms. The van der Waals surface area contributed by atoms with Crippen LogP contribution >= 0.6 is 11.8 Å². The molecule has 62 heavy (non-hydrogen) atoms. The Morgan fingerprint density at radius 3 is 1.73 bits per heavy atom. The fourth-order valence-electron chi connectivity index (χ4n) is 11.1. The van der Waals surface area contributed by atoms with Crippen molar-refractivity contribution in [2.45, 2.75) is 34.5 Å². The minimum atomic E-state index is -0.631. The number of fused-ring (bicyclic) bond motifs is 15. The molecule has 0 radical (unpaired) electrons. The lowest BCUT2D eigenvalue weighted by molar-refractivity contribution is 0.653. The highest BCUT2D eigenvalue weighted by Crippen LogP contribution is 2.63. The highest BCUT2D eigenvalue weighted by atomic mass is 32.2. The Balaban J connectivity index is 1.12. The predicted octanol–water partition coefficient (Wildman–Crippen LogP) is 15.2. The maximum atomic E-state index is 5.37. The van der Waals surface area contributed by atoms with Crippen LogP contribution in [-0.4, -0.2) is 9.55 Å². The van der Waals surface area contributed by atoms with Crippen molar-refractivity contribution in [2.24, 2.45) is 0 Å². The third-order valence-electron chi connectivity index (χ3n) is 13.9. The molecule has 3 aliphatic rings. The summed E-state index contributed by atoms with van der Waals surface area (Å²) in [7, 11) is 0. The SMILES string of the molecule is CC1(C)c2ccccc2-c2cc3c(cc21)Sc1ccccc1C31c2ccccc2-c2ccccc2-c2ccc(-c3ccc4c(c3)nc(-c3ccccc3)n4-c3ccccc3)cc21. The van der Waals surface area contributed by atoms with Crippen molar-refractivity contribution in [1.29, 1.82) is 0 Å². The van der Waals surface area contributed by atoms with Crippen LogP contribution in [0.2, 0.25) is 0 Å². The van der Waals surface area contributed by atoms with Gasteiger partial charge in [-0.3, -0.25) is 4.57 Å². The van der Waals surface area contributed by atoms with Crippen molar-refractivity contribution >= 4 is 22.8 Å². The molecule has 0 bridgehead atoms. The van der Waals surface area contributed by atoms with Crippen LogP contribution in [0.15, 0.2) is 216 Å². The van der Waals surface area contributed by atoms with Crippen molar-refractivity contribution in [3.8, 4) is 61.6 Å². The van der Waals surface area contributed by atoms with Crippen molar-refractivity contribution in [3.63, 3.8) is 0 Å². The molecule has 3 heteroatoms. The maximum absolute atomic E-state index is 5.37. The van der Waals surface area contributed by atoms with E-state index in [-0.39, 0.29) is 5.41 Å². The molecule has 0 N–H and O–H groups in total. The third kappa shape index (κ3) is 4.86. The van der Waals surface area contributed by atoms with Crippen LogP contribution in [0.1, 0.15) is 47.2 Å². The third-order valence-corrected chi connectivity index (χ3v) is 15.0. The summed E-state index contributed by atoms with van der Waals surface area (Å²) in [6.45, 7) is 4.78. The van der Waals surface area contributed by atoms with Gasteiger partial charge in [0.05, 0.1) is 16.4 Å². The first-order chi connectivity index (χ1) is 30.5. The molecule has 2 aliphatic carbocycles. The molecule has 0 fully saturated rings. The van der Waals surface area contributed by atoms with E-state index in [4.69, 9.17) is 4.98 Å². The van der Waals surface area contributed by atoms with Crippen molar-refractivity contribution < 1.29 is 0 Å². The lowest BCUT2D eigenvalue weighted by Crippen LogP contribution is -2.35. The van der Waals surface area contributed by atoms with Gasteiger partial charge in [0.25, 0.3) is 0 Å².